The van der Waals surface area contributed by atoms with Crippen LogP contribution in [0.3, 0.4) is 0 Å². The SMILES string of the molecule is CC(C)(C)OC(=O)N1CCN2C(=O)c3c(cc(Cl)nc3N3CCOC(C)(C)C3)OC[C@@H]2C1. The summed E-state index contributed by atoms with van der Waals surface area (Å²) in [7, 11) is 0. The molecule has 0 bridgehead atoms. The van der Waals surface area contributed by atoms with E-state index in [1.807, 2.05) is 39.5 Å². The molecule has 176 valence electrons. The summed E-state index contributed by atoms with van der Waals surface area (Å²) in [5, 5.41) is 0.270. The molecule has 0 aromatic carbocycles. The molecule has 2 saturated heterocycles. The van der Waals surface area contributed by atoms with Gasteiger partial charge in [-0.3, -0.25) is 4.79 Å². The number of carbonyl (C=O) groups is 2. The summed E-state index contributed by atoms with van der Waals surface area (Å²) < 4.78 is 17.4. The molecule has 0 saturated carbocycles. The zero-order valence-electron chi connectivity index (χ0n) is 19.3. The Kier molecular flexibility index (Phi) is 5.92. The average molecular weight is 467 g/mol. The predicted molar refractivity (Wildman–Crippen MR) is 120 cm³/mol. The summed E-state index contributed by atoms with van der Waals surface area (Å²) in [6, 6.07) is 1.30. The minimum Gasteiger partial charge on any atom is -0.490 e. The van der Waals surface area contributed by atoms with E-state index in [2.05, 4.69) is 4.98 Å². The number of ether oxygens (including phenoxy) is 3. The third kappa shape index (κ3) is 4.73. The van der Waals surface area contributed by atoms with Gasteiger partial charge in [0.05, 0.1) is 18.2 Å². The van der Waals surface area contributed by atoms with Gasteiger partial charge in [0.1, 0.15) is 34.5 Å². The van der Waals surface area contributed by atoms with Crippen LogP contribution in [0.15, 0.2) is 6.07 Å². The Morgan fingerprint density at radius 2 is 2.03 bits per heavy atom. The van der Waals surface area contributed by atoms with Crippen molar-refractivity contribution < 1.29 is 23.8 Å². The highest BCUT2D eigenvalue weighted by Gasteiger charge is 2.41. The molecular formula is C22H31ClN4O5. The van der Waals surface area contributed by atoms with Crippen LogP contribution in [0.25, 0.3) is 0 Å². The summed E-state index contributed by atoms with van der Waals surface area (Å²) in [5.74, 6) is 0.784. The smallest absolute Gasteiger partial charge is 0.410 e. The molecule has 3 aliphatic heterocycles. The molecule has 9 nitrogen and oxygen atoms in total. The Bertz CT molecular complexity index is 916. The average Bonchev–Trinajstić information content (AvgIpc) is 2.82. The number of hydrogen-bond donors (Lipinski definition) is 0. The van der Waals surface area contributed by atoms with Crippen molar-refractivity contribution in [3.8, 4) is 5.75 Å². The number of halogens is 1. The monoisotopic (exact) mass is 466 g/mol. The number of carbonyl (C=O) groups excluding carboxylic acids is 2. The number of fused-ring (bicyclic) bond motifs is 2. The van der Waals surface area contributed by atoms with Crippen LogP contribution in [0.5, 0.6) is 5.75 Å². The Balaban J connectivity index is 1.60. The first-order chi connectivity index (χ1) is 14.9. The number of piperazine rings is 1. The molecule has 0 radical (unpaired) electrons. The maximum atomic E-state index is 13.7. The van der Waals surface area contributed by atoms with E-state index in [1.165, 1.54) is 0 Å². The van der Waals surface area contributed by atoms with Crippen LogP contribution >= 0.6 is 11.6 Å². The van der Waals surface area contributed by atoms with Crippen molar-refractivity contribution in [2.45, 2.75) is 51.9 Å². The van der Waals surface area contributed by atoms with Crippen molar-refractivity contribution in [2.24, 2.45) is 0 Å². The fourth-order valence-electron chi connectivity index (χ4n) is 4.31. The van der Waals surface area contributed by atoms with Gasteiger partial charge < -0.3 is 28.9 Å². The van der Waals surface area contributed by atoms with Crippen LogP contribution in [0.1, 0.15) is 45.0 Å². The normalized spacial score (nSPS) is 23.1. The van der Waals surface area contributed by atoms with E-state index in [1.54, 1.807) is 15.9 Å². The van der Waals surface area contributed by atoms with Crippen LogP contribution in [-0.2, 0) is 9.47 Å². The number of rotatable bonds is 1. The fraction of sp³-hybridized carbons (Fsp3) is 0.682. The van der Waals surface area contributed by atoms with Crippen LogP contribution in [0.2, 0.25) is 5.15 Å². The second kappa shape index (κ2) is 8.26. The molecule has 2 amide bonds. The standard InChI is InChI=1S/C22H31ClN4O5/c1-21(2,3)32-20(29)25-6-7-27-14(11-25)12-30-15-10-16(23)24-18(17(15)19(27)28)26-8-9-31-22(4,5)13-26/h10,14H,6-9,11-13H2,1-5H3/t14-/m0/s1. The van der Waals surface area contributed by atoms with E-state index in [9.17, 15) is 9.59 Å². The lowest BCUT2D eigenvalue weighted by molar-refractivity contribution is -0.0279. The number of anilines is 1. The number of aromatic nitrogens is 1. The Morgan fingerprint density at radius 3 is 2.72 bits per heavy atom. The van der Waals surface area contributed by atoms with Gasteiger partial charge in [-0.05, 0) is 34.6 Å². The zero-order valence-corrected chi connectivity index (χ0v) is 20.1. The molecule has 0 N–H and O–H groups in total. The highest BCUT2D eigenvalue weighted by atomic mass is 35.5. The number of pyridine rings is 1. The minimum atomic E-state index is -0.580. The second-order valence-electron chi connectivity index (χ2n) is 10.1. The molecule has 4 rings (SSSR count). The van der Waals surface area contributed by atoms with Gasteiger partial charge in [0.15, 0.2) is 0 Å². The van der Waals surface area contributed by atoms with Crippen molar-refractivity contribution in [3.05, 3.63) is 16.8 Å². The Hall–Kier alpha value is -2.26. The largest absolute Gasteiger partial charge is 0.490 e. The lowest BCUT2D eigenvalue weighted by atomic mass is 10.1. The molecular weight excluding hydrogens is 436 g/mol. The maximum Gasteiger partial charge on any atom is 0.410 e. The van der Waals surface area contributed by atoms with Gasteiger partial charge in [-0.2, -0.15) is 0 Å². The van der Waals surface area contributed by atoms with Crippen molar-refractivity contribution in [1.29, 1.82) is 0 Å². The zero-order chi connectivity index (χ0) is 23.3. The van der Waals surface area contributed by atoms with Crippen molar-refractivity contribution >= 4 is 29.4 Å². The number of nitrogens with zero attached hydrogens (tertiary/aromatic N) is 4. The first kappa shape index (κ1) is 22.9. The highest BCUT2D eigenvalue weighted by Crippen LogP contribution is 2.36. The van der Waals surface area contributed by atoms with E-state index in [4.69, 9.17) is 25.8 Å². The molecule has 1 atom stereocenters. The molecule has 10 heteroatoms. The Labute approximate surface area is 193 Å². The van der Waals surface area contributed by atoms with Crippen LogP contribution in [0.4, 0.5) is 10.6 Å². The van der Waals surface area contributed by atoms with Crippen LogP contribution < -0.4 is 9.64 Å². The quantitative estimate of drug-likeness (QED) is 0.588. The van der Waals surface area contributed by atoms with E-state index in [-0.39, 0.29) is 35.4 Å². The summed E-state index contributed by atoms with van der Waals surface area (Å²) in [6.07, 6.45) is -0.382. The van der Waals surface area contributed by atoms with Gasteiger partial charge >= 0.3 is 6.09 Å². The van der Waals surface area contributed by atoms with Crippen LogP contribution in [0, 0.1) is 0 Å². The molecule has 4 heterocycles. The topological polar surface area (TPSA) is 84.4 Å². The third-order valence-electron chi connectivity index (χ3n) is 5.70. The van der Waals surface area contributed by atoms with Crippen molar-refractivity contribution in [2.75, 3.05) is 50.8 Å². The van der Waals surface area contributed by atoms with Gasteiger partial charge in [-0.15, -0.1) is 0 Å². The number of morpholine rings is 1. The van der Waals surface area contributed by atoms with Gasteiger partial charge in [-0.1, -0.05) is 11.6 Å². The van der Waals surface area contributed by atoms with E-state index in [0.29, 0.717) is 56.5 Å². The van der Waals surface area contributed by atoms with Crippen LogP contribution in [-0.4, -0.2) is 90.0 Å². The molecule has 32 heavy (non-hydrogen) atoms. The predicted octanol–water partition coefficient (Wildman–Crippen LogP) is 2.80. The van der Waals surface area contributed by atoms with E-state index >= 15 is 0 Å². The number of amides is 2. The fourth-order valence-corrected chi connectivity index (χ4v) is 4.49. The van der Waals surface area contributed by atoms with E-state index in [0.717, 1.165) is 0 Å². The third-order valence-corrected chi connectivity index (χ3v) is 5.89. The van der Waals surface area contributed by atoms with Crippen molar-refractivity contribution in [1.82, 2.24) is 14.8 Å². The lowest BCUT2D eigenvalue weighted by Gasteiger charge is -2.41. The molecule has 0 aliphatic carbocycles. The Morgan fingerprint density at radius 1 is 1.28 bits per heavy atom. The summed E-state index contributed by atoms with van der Waals surface area (Å²) in [6.45, 7) is 12.6. The second-order valence-corrected chi connectivity index (χ2v) is 10.4. The summed E-state index contributed by atoms with van der Waals surface area (Å²) in [4.78, 5) is 36.2. The van der Waals surface area contributed by atoms with Gasteiger partial charge in [0.25, 0.3) is 5.91 Å². The summed E-state index contributed by atoms with van der Waals surface area (Å²) in [5.41, 5.74) is -0.533. The first-order valence-corrected chi connectivity index (χ1v) is 11.3. The highest BCUT2D eigenvalue weighted by molar-refractivity contribution is 6.30. The van der Waals surface area contributed by atoms with Gasteiger partial charge in [0.2, 0.25) is 0 Å². The molecule has 1 aromatic rings. The van der Waals surface area contributed by atoms with E-state index < -0.39 is 5.60 Å². The lowest BCUT2D eigenvalue weighted by Crippen LogP contribution is -2.58. The molecule has 0 spiro atoms. The molecule has 3 aliphatic rings. The number of hydrogen-bond acceptors (Lipinski definition) is 7. The van der Waals surface area contributed by atoms with Gasteiger partial charge in [-0.25, -0.2) is 9.78 Å². The molecule has 0 unspecified atom stereocenters. The molecule has 2 fully saturated rings. The summed E-state index contributed by atoms with van der Waals surface area (Å²) >= 11 is 6.31. The first-order valence-electron chi connectivity index (χ1n) is 10.9. The minimum absolute atomic E-state index is 0.158. The van der Waals surface area contributed by atoms with Crippen molar-refractivity contribution in [3.63, 3.8) is 0 Å². The molecule has 1 aromatic heterocycles. The van der Waals surface area contributed by atoms with Gasteiger partial charge in [0, 0.05) is 38.8 Å². The maximum absolute atomic E-state index is 13.7.